The first-order valence-electron chi connectivity index (χ1n) is 5.60. The van der Waals surface area contributed by atoms with Crippen LogP contribution in [0, 0.1) is 10.1 Å². The molecule has 1 N–H and O–H groups in total. The average Bonchev–Trinajstić information content (AvgIpc) is 2.81. The molecule has 0 bridgehead atoms. The summed E-state index contributed by atoms with van der Waals surface area (Å²) in [5.41, 5.74) is -0.226. The van der Waals surface area contributed by atoms with E-state index in [9.17, 15) is 14.9 Å². The Hall–Kier alpha value is -2.35. The van der Waals surface area contributed by atoms with Crippen LogP contribution in [0.25, 0.3) is 0 Å². The Labute approximate surface area is 118 Å². The summed E-state index contributed by atoms with van der Waals surface area (Å²) in [7, 11) is 1.78. The normalized spacial score (nSPS) is 10.4. The van der Waals surface area contributed by atoms with Gasteiger partial charge in [0.1, 0.15) is 5.56 Å². The molecule has 0 aliphatic carbocycles. The molecule has 0 saturated heterocycles. The van der Waals surface area contributed by atoms with Crippen LogP contribution in [-0.2, 0) is 12.8 Å². The topological polar surface area (TPSA) is 98.3 Å². The van der Waals surface area contributed by atoms with Gasteiger partial charge in [0, 0.05) is 30.0 Å². The van der Waals surface area contributed by atoms with Gasteiger partial charge in [-0.15, -0.1) is 11.8 Å². The van der Waals surface area contributed by atoms with Crippen molar-refractivity contribution in [3.05, 3.63) is 51.8 Å². The number of nitro groups is 1. The first kappa shape index (κ1) is 14.1. The van der Waals surface area contributed by atoms with Crippen LogP contribution in [0.5, 0.6) is 0 Å². The maximum Gasteiger partial charge on any atom is 0.343 e. The quantitative estimate of drug-likeness (QED) is 0.516. The number of nitrogens with zero attached hydrogens (tertiary/aromatic N) is 3. The fourth-order valence-corrected chi connectivity index (χ4v) is 2.65. The van der Waals surface area contributed by atoms with Crippen molar-refractivity contribution in [3.8, 4) is 0 Å². The van der Waals surface area contributed by atoms with E-state index in [-0.39, 0.29) is 11.3 Å². The van der Waals surface area contributed by atoms with Crippen molar-refractivity contribution in [1.82, 2.24) is 9.78 Å². The monoisotopic (exact) mass is 293 g/mol. The second-order valence-electron chi connectivity index (χ2n) is 4.01. The molecular formula is C12H11N3O4S. The zero-order chi connectivity index (χ0) is 14.7. The number of aryl methyl sites for hydroxylation is 1. The van der Waals surface area contributed by atoms with Gasteiger partial charge in [0.2, 0.25) is 0 Å². The molecule has 0 spiro atoms. The summed E-state index contributed by atoms with van der Waals surface area (Å²) in [6.45, 7) is 0. The molecule has 2 rings (SSSR count). The van der Waals surface area contributed by atoms with Gasteiger partial charge in [0.25, 0.3) is 5.69 Å². The molecule has 0 atom stereocenters. The van der Waals surface area contributed by atoms with Crippen molar-refractivity contribution in [2.24, 2.45) is 7.05 Å². The summed E-state index contributed by atoms with van der Waals surface area (Å²) >= 11 is 1.38. The molecule has 0 amide bonds. The minimum Gasteiger partial charge on any atom is -0.477 e. The van der Waals surface area contributed by atoms with Gasteiger partial charge >= 0.3 is 5.97 Å². The molecule has 0 saturated carbocycles. The van der Waals surface area contributed by atoms with Gasteiger partial charge < -0.3 is 5.11 Å². The predicted octanol–water partition coefficient (Wildman–Crippen LogP) is 2.32. The van der Waals surface area contributed by atoms with E-state index >= 15 is 0 Å². The molecule has 0 aliphatic rings. The zero-order valence-electron chi connectivity index (χ0n) is 10.5. The van der Waals surface area contributed by atoms with Crippen molar-refractivity contribution in [2.45, 2.75) is 10.6 Å². The van der Waals surface area contributed by atoms with Crippen molar-refractivity contribution in [2.75, 3.05) is 0 Å². The van der Waals surface area contributed by atoms with Crippen LogP contribution in [0.4, 0.5) is 5.69 Å². The fourth-order valence-electron chi connectivity index (χ4n) is 1.74. The third kappa shape index (κ3) is 2.97. The molecule has 7 nitrogen and oxygen atoms in total. The second kappa shape index (κ2) is 5.74. The Kier molecular flexibility index (Phi) is 4.04. The number of carbonyl (C=O) groups is 1. The second-order valence-corrected chi connectivity index (χ2v) is 5.06. The lowest BCUT2D eigenvalue weighted by Gasteiger charge is -2.05. The van der Waals surface area contributed by atoms with E-state index in [0.717, 1.165) is 4.90 Å². The Morgan fingerprint density at radius 1 is 1.55 bits per heavy atom. The lowest BCUT2D eigenvalue weighted by molar-refractivity contribution is -0.385. The van der Waals surface area contributed by atoms with Crippen LogP contribution in [0.2, 0.25) is 0 Å². The highest BCUT2D eigenvalue weighted by atomic mass is 32.2. The van der Waals surface area contributed by atoms with Gasteiger partial charge in [-0.25, -0.2) is 4.79 Å². The zero-order valence-corrected chi connectivity index (χ0v) is 11.3. The molecule has 1 aromatic heterocycles. The molecule has 1 heterocycles. The summed E-state index contributed by atoms with van der Waals surface area (Å²) in [5, 5.41) is 24.0. The highest BCUT2D eigenvalue weighted by Gasteiger charge is 2.23. The number of benzene rings is 1. The molecule has 1 aromatic carbocycles. The minimum absolute atomic E-state index is 0.256. The first-order valence-corrected chi connectivity index (χ1v) is 6.58. The smallest absolute Gasteiger partial charge is 0.343 e. The third-order valence-corrected chi connectivity index (χ3v) is 3.61. The maximum atomic E-state index is 11.2. The Bertz CT molecular complexity index is 668. The Morgan fingerprint density at radius 3 is 2.85 bits per heavy atom. The van der Waals surface area contributed by atoms with E-state index in [4.69, 9.17) is 5.11 Å². The molecule has 2 aromatic rings. The molecule has 0 unspecified atom stereocenters. The maximum absolute atomic E-state index is 11.2. The number of hydrogen-bond acceptors (Lipinski definition) is 5. The molecule has 104 valence electrons. The average molecular weight is 293 g/mol. The fraction of sp³-hybridized carbons (Fsp3) is 0.167. The van der Waals surface area contributed by atoms with Gasteiger partial charge in [-0.05, 0) is 5.56 Å². The van der Waals surface area contributed by atoms with E-state index in [1.807, 2.05) is 0 Å². The summed E-state index contributed by atoms with van der Waals surface area (Å²) in [6, 6.07) is 4.27. The van der Waals surface area contributed by atoms with Crippen LogP contribution >= 0.6 is 11.8 Å². The van der Waals surface area contributed by atoms with Gasteiger partial charge in [-0.2, -0.15) is 5.10 Å². The van der Waals surface area contributed by atoms with Crippen LogP contribution in [0.1, 0.15) is 15.9 Å². The number of nitro benzene ring substituents is 1. The van der Waals surface area contributed by atoms with Gasteiger partial charge in [0.05, 0.1) is 11.1 Å². The van der Waals surface area contributed by atoms with E-state index < -0.39 is 10.9 Å². The number of aromatic carboxylic acids is 1. The van der Waals surface area contributed by atoms with Gasteiger partial charge in [0.15, 0.2) is 0 Å². The molecule has 0 radical (unpaired) electrons. The number of thioether (sulfide) groups is 1. The van der Waals surface area contributed by atoms with Crippen molar-refractivity contribution in [1.29, 1.82) is 0 Å². The minimum atomic E-state index is -1.29. The van der Waals surface area contributed by atoms with E-state index in [0.29, 0.717) is 11.3 Å². The summed E-state index contributed by atoms with van der Waals surface area (Å²) in [6.07, 6.45) is 3.45. The highest BCUT2D eigenvalue weighted by Crippen LogP contribution is 2.28. The van der Waals surface area contributed by atoms with Crippen LogP contribution < -0.4 is 0 Å². The molecule has 0 aliphatic heterocycles. The molecular weight excluding hydrogens is 282 g/mol. The predicted molar refractivity (Wildman–Crippen MR) is 72.8 cm³/mol. The molecule has 20 heavy (non-hydrogen) atoms. The van der Waals surface area contributed by atoms with Crippen LogP contribution in [0.15, 0.2) is 35.5 Å². The third-order valence-electron chi connectivity index (χ3n) is 2.61. The van der Waals surface area contributed by atoms with Crippen molar-refractivity contribution in [3.63, 3.8) is 0 Å². The summed E-state index contributed by atoms with van der Waals surface area (Å²) in [4.78, 5) is 22.3. The van der Waals surface area contributed by atoms with E-state index in [1.54, 1.807) is 30.2 Å². The van der Waals surface area contributed by atoms with Crippen molar-refractivity contribution < 1.29 is 14.8 Å². The largest absolute Gasteiger partial charge is 0.477 e. The van der Waals surface area contributed by atoms with Crippen molar-refractivity contribution >= 4 is 23.4 Å². The first-order chi connectivity index (χ1) is 9.49. The molecule has 0 fully saturated rings. The van der Waals surface area contributed by atoms with Gasteiger partial charge in [-0.1, -0.05) is 12.1 Å². The van der Waals surface area contributed by atoms with Gasteiger partial charge in [-0.3, -0.25) is 14.8 Å². The van der Waals surface area contributed by atoms with E-state index in [1.165, 1.54) is 23.9 Å². The Balaban J connectivity index is 2.29. The number of aromatic nitrogens is 2. The number of hydrogen-bond donors (Lipinski definition) is 1. The number of carboxylic acids is 1. The Morgan fingerprint density at radius 2 is 2.30 bits per heavy atom. The summed E-state index contributed by atoms with van der Waals surface area (Å²) < 4.78 is 1.63. The number of rotatable bonds is 5. The summed E-state index contributed by atoms with van der Waals surface area (Å²) in [5.74, 6) is -0.964. The van der Waals surface area contributed by atoms with Crippen LogP contribution in [-0.4, -0.2) is 25.8 Å². The van der Waals surface area contributed by atoms with Crippen LogP contribution in [0.3, 0.4) is 0 Å². The van der Waals surface area contributed by atoms with E-state index in [2.05, 4.69) is 5.10 Å². The standard InChI is InChI=1S/C12H11N3O4S/c1-14-6-9(5-13-14)20-7-8-3-2-4-10(15(18)19)11(8)12(16)17/h2-6H,7H2,1H3,(H,16,17). The lowest BCUT2D eigenvalue weighted by atomic mass is 10.1. The SMILES string of the molecule is Cn1cc(SCc2cccc([N+](=O)[O-])c2C(=O)O)cn1. The lowest BCUT2D eigenvalue weighted by Crippen LogP contribution is -2.06. The number of carboxylic acid groups (broad SMARTS) is 1. The highest BCUT2D eigenvalue weighted by molar-refractivity contribution is 7.98. The molecule has 8 heteroatoms.